The minimum Gasteiger partial charge on any atom is -0.393 e. The normalized spacial score (nSPS) is 18.7. The molecule has 0 unspecified atom stereocenters. The number of hydrogen-bond donors (Lipinski definition) is 2. The smallest absolute Gasteiger partial charge is 0.263 e. The number of pyridine rings is 1. The van der Waals surface area contributed by atoms with E-state index in [-0.39, 0.29) is 29.1 Å². The van der Waals surface area contributed by atoms with Crippen molar-refractivity contribution in [1.29, 1.82) is 0 Å². The number of anilines is 1. The van der Waals surface area contributed by atoms with Crippen LogP contribution >= 0.6 is 0 Å². The topological polar surface area (TPSA) is 89.2 Å². The van der Waals surface area contributed by atoms with Crippen LogP contribution in [0.3, 0.4) is 0 Å². The fraction of sp³-hybridized carbons (Fsp3) is 0.348. The summed E-state index contributed by atoms with van der Waals surface area (Å²) in [5.41, 5.74) is 1.58. The average Bonchev–Trinajstić information content (AvgIpc) is 3.15. The highest BCUT2D eigenvalue weighted by Crippen LogP contribution is 2.27. The van der Waals surface area contributed by atoms with E-state index in [9.17, 15) is 19.1 Å². The number of amides is 1. The van der Waals surface area contributed by atoms with Gasteiger partial charge in [0.2, 0.25) is 0 Å². The summed E-state index contributed by atoms with van der Waals surface area (Å²) in [7, 11) is 0. The zero-order valence-electron chi connectivity index (χ0n) is 17.3. The Bertz CT molecular complexity index is 1150. The van der Waals surface area contributed by atoms with Crippen LogP contribution in [0.1, 0.15) is 53.2 Å². The third-order valence-electron chi connectivity index (χ3n) is 5.74. The summed E-state index contributed by atoms with van der Waals surface area (Å²) in [4.78, 5) is 26.0. The van der Waals surface area contributed by atoms with E-state index in [0.29, 0.717) is 43.5 Å². The molecule has 0 atom stereocenters. The van der Waals surface area contributed by atoms with Crippen LogP contribution < -0.4 is 10.9 Å². The van der Waals surface area contributed by atoms with Gasteiger partial charge in [-0.2, -0.15) is 5.10 Å². The molecule has 2 aromatic heterocycles. The predicted molar refractivity (Wildman–Crippen MR) is 115 cm³/mol. The molecule has 2 N–H and O–H groups in total. The molecule has 1 amide bonds. The number of carbonyl (C=O) groups is 1. The lowest BCUT2D eigenvalue weighted by atomic mass is 9.92. The third kappa shape index (κ3) is 4.74. The molecule has 1 aliphatic rings. The van der Waals surface area contributed by atoms with Gasteiger partial charge in [0, 0.05) is 18.4 Å². The largest absolute Gasteiger partial charge is 0.393 e. The number of aryl methyl sites for hydroxylation is 1. The van der Waals surface area contributed by atoms with Crippen LogP contribution in [-0.4, -0.2) is 31.5 Å². The molecular weight excluding hydrogens is 399 g/mol. The number of benzene rings is 1. The first-order valence-corrected chi connectivity index (χ1v) is 10.4. The van der Waals surface area contributed by atoms with Crippen molar-refractivity contribution in [1.82, 2.24) is 14.3 Å². The first-order valence-electron chi connectivity index (χ1n) is 10.4. The minimum absolute atomic E-state index is 0.0166. The summed E-state index contributed by atoms with van der Waals surface area (Å²) in [6.45, 7) is 2.09. The van der Waals surface area contributed by atoms with Gasteiger partial charge >= 0.3 is 0 Å². The number of aliphatic hydroxyl groups excluding tert-OH is 1. The molecule has 0 aliphatic heterocycles. The average molecular weight is 424 g/mol. The molecule has 7 nitrogen and oxygen atoms in total. The van der Waals surface area contributed by atoms with E-state index in [0.717, 1.165) is 5.56 Å². The van der Waals surface area contributed by atoms with Crippen LogP contribution in [-0.2, 0) is 6.54 Å². The first kappa shape index (κ1) is 21.0. The second kappa shape index (κ2) is 8.85. The molecule has 31 heavy (non-hydrogen) atoms. The Balaban J connectivity index is 1.50. The van der Waals surface area contributed by atoms with E-state index in [1.807, 2.05) is 0 Å². The SMILES string of the molecule is Cc1ccn(C2CCC(O)CC2)c(=O)c1C(=O)Nc1cnn(Cc2cccc(F)c2)c1. The molecule has 0 spiro atoms. The van der Waals surface area contributed by atoms with Crippen molar-refractivity contribution in [2.75, 3.05) is 5.32 Å². The third-order valence-corrected chi connectivity index (χ3v) is 5.74. The molecule has 0 radical (unpaired) electrons. The number of carbonyl (C=O) groups excluding carboxylic acids is 1. The molecule has 3 aromatic rings. The van der Waals surface area contributed by atoms with Crippen molar-refractivity contribution in [3.8, 4) is 0 Å². The summed E-state index contributed by atoms with van der Waals surface area (Å²) >= 11 is 0. The lowest BCUT2D eigenvalue weighted by Gasteiger charge is -2.27. The molecule has 0 bridgehead atoms. The highest BCUT2D eigenvalue weighted by atomic mass is 19.1. The summed E-state index contributed by atoms with van der Waals surface area (Å²) in [6, 6.07) is 7.99. The number of halogens is 1. The van der Waals surface area contributed by atoms with Crippen molar-refractivity contribution in [3.63, 3.8) is 0 Å². The number of rotatable bonds is 5. The quantitative estimate of drug-likeness (QED) is 0.658. The summed E-state index contributed by atoms with van der Waals surface area (Å²) < 4.78 is 16.6. The molecule has 2 heterocycles. The number of hydrogen-bond acceptors (Lipinski definition) is 4. The van der Waals surface area contributed by atoms with Gasteiger partial charge in [0.15, 0.2) is 0 Å². The van der Waals surface area contributed by atoms with Crippen molar-refractivity contribution in [2.45, 2.75) is 51.3 Å². The first-order chi connectivity index (χ1) is 14.9. The standard InChI is InChI=1S/C23H25FN4O3/c1-15-9-10-28(19-5-7-20(29)8-6-19)23(31)21(15)22(30)26-18-12-25-27(14-18)13-16-3-2-4-17(24)11-16/h2-4,9-12,14,19-20,29H,5-8,13H2,1H3,(H,26,30). The van der Waals surface area contributed by atoms with Gasteiger partial charge in [0.05, 0.1) is 24.5 Å². The van der Waals surface area contributed by atoms with E-state index < -0.39 is 5.91 Å². The van der Waals surface area contributed by atoms with Crippen LogP contribution in [0.15, 0.2) is 53.7 Å². The van der Waals surface area contributed by atoms with E-state index in [2.05, 4.69) is 10.4 Å². The molecular formula is C23H25FN4O3. The molecule has 1 saturated carbocycles. The van der Waals surface area contributed by atoms with E-state index in [1.54, 1.807) is 46.8 Å². The van der Waals surface area contributed by atoms with Gasteiger partial charge in [-0.05, 0) is 61.9 Å². The Morgan fingerprint density at radius 3 is 2.77 bits per heavy atom. The van der Waals surface area contributed by atoms with Gasteiger partial charge in [-0.15, -0.1) is 0 Å². The molecule has 162 valence electrons. The zero-order chi connectivity index (χ0) is 22.0. The second-order valence-electron chi connectivity index (χ2n) is 8.06. The summed E-state index contributed by atoms with van der Waals surface area (Å²) in [6.07, 6.45) is 7.26. The van der Waals surface area contributed by atoms with Gasteiger partial charge in [-0.1, -0.05) is 12.1 Å². The van der Waals surface area contributed by atoms with Gasteiger partial charge < -0.3 is 15.0 Å². The maximum absolute atomic E-state index is 13.4. The van der Waals surface area contributed by atoms with Crippen LogP contribution in [0.5, 0.6) is 0 Å². The molecule has 1 aromatic carbocycles. The van der Waals surface area contributed by atoms with Crippen LogP contribution in [0, 0.1) is 12.7 Å². The van der Waals surface area contributed by atoms with Crippen molar-refractivity contribution < 1.29 is 14.3 Å². The monoisotopic (exact) mass is 424 g/mol. The molecule has 4 rings (SSSR count). The lowest BCUT2D eigenvalue weighted by Crippen LogP contribution is -2.34. The minimum atomic E-state index is -0.488. The molecule has 8 heteroatoms. The second-order valence-corrected chi connectivity index (χ2v) is 8.06. The maximum atomic E-state index is 13.4. The van der Waals surface area contributed by atoms with Gasteiger partial charge in [0.1, 0.15) is 11.4 Å². The highest BCUT2D eigenvalue weighted by molar-refractivity contribution is 6.04. The Kier molecular flexibility index (Phi) is 5.99. The molecule has 1 aliphatic carbocycles. The summed E-state index contributed by atoms with van der Waals surface area (Å²) in [5.74, 6) is -0.806. The van der Waals surface area contributed by atoms with E-state index in [4.69, 9.17) is 0 Å². The van der Waals surface area contributed by atoms with Gasteiger partial charge in [-0.25, -0.2) is 4.39 Å². The number of aromatic nitrogens is 3. The van der Waals surface area contributed by atoms with Crippen LogP contribution in [0.4, 0.5) is 10.1 Å². The molecule has 1 fully saturated rings. The molecule has 0 saturated heterocycles. The fourth-order valence-corrected chi connectivity index (χ4v) is 4.07. The van der Waals surface area contributed by atoms with Gasteiger partial charge in [0.25, 0.3) is 11.5 Å². The Hall–Kier alpha value is -3.26. The maximum Gasteiger partial charge on any atom is 0.263 e. The van der Waals surface area contributed by atoms with Crippen molar-refractivity contribution in [3.05, 3.63) is 81.8 Å². The Morgan fingerprint density at radius 2 is 2.03 bits per heavy atom. The van der Waals surface area contributed by atoms with Crippen molar-refractivity contribution >= 4 is 11.6 Å². The Labute approximate surface area is 179 Å². The van der Waals surface area contributed by atoms with Gasteiger partial charge in [-0.3, -0.25) is 14.3 Å². The summed E-state index contributed by atoms with van der Waals surface area (Å²) in [5, 5.41) is 16.7. The van der Waals surface area contributed by atoms with E-state index >= 15 is 0 Å². The van der Waals surface area contributed by atoms with Crippen LogP contribution in [0.2, 0.25) is 0 Å². The van der Waals surface area contributed by atoms with Crippen LogP contribution in [0.25, 0.3) is 0 Å². The van der Waals surface area contributed by atoms with Crippen molar-refractivity contribution in [2.24, 2.45) is 0 Å². The van der Waals surface area contributed by atoms with E-state index in [1.165, 1.54) is 18.3 Å². The lowest BCUT2D eigenvalue weighted by molar-refractivity contribution is 0.101. The number of nitrogens with zero attached hydrogens (tertiary/aromatic N) is 3. The Morgan fingerprint density at radius 1 is 1.26 bits per heavy atom. The predicted octanol–water partition coefficient (Wildman–Crippen LogP) is 3.27. The number of nitrogens with one attached hydrogen (secondary N) is 1. The zero-order valence-corrected chi connectivity index (χ0v) is 17.3. The highest BCUT2D eigenvalue weighted by Gasteiger charge is 2.24. The number of aliphatic hydroxyl groups is 1. The fourth-order valence-electron chi connectivity index (χ4n) is 4.07.